The molecule has 1 aliphatic rings. The zero-order valence-electron chi connectivity index (χ0n) is 17.1. The Morgan fingerprint density at radius 1 is 1.03 bits per heavy atom. The molecule has 152 valence electrons. The Morgan fingerprint density at radius 2 is 1.66 bits per heavy atom. The highest BCUT2D eigenvalue weighted by Gasteiger charge is 2.27. The molecule has 1 N–H and O–H groups in total. The minimum absolute atomic E-state index is 0.0282. The predicted octanol–water partition coefficient (Wildman–Crippen LogP) is 4.04. The van der Waals surface area contributed by atoms with E-state index >= 15 is 0 Å². The van der Waals surface area contributed by atoms with E-state index in [9.17, 15) is 4.79 Å². The summed E-state index contributed by atoms with van der Waals surface area (Å²) in [7, 11) is 0. The lowest BCUT2D eigenvalue weighted by molar-refractivity contribution is -0.126. The summed E-state index contributed by atoms with van der Waals surface area (Å²) >= 11 is 1.61. The van der Waals surface area contributed by atoms with E-state index in [2.05, 4.69) is 63.1 Å². The standard InChI is InChI=1S/C22H27N5OS/c1-15-9-10-16(2)27(15)22-25-24-21(29-22)26-13-11-19(12-14-26)20(28)23-17(3)18-7-5-4-6-8-18/h4-10,17,19H,11-14H2,1-3H3,(H,23,28)/t17-/m0/s1. The fourth-order valence-electron chi connectivity index (χ4n) is 3.89. The second-order valence-electron chi connectivity index (χ2n) is 7.72. The lowest BCUT2D eigenvalue weighted by Gasteiger charge is -2.31. The molecule has 1 atom stereocenters. The molecule has 3 heterocycles. The van der Waals surface area contributed by atoms with Crippen LogP contribution in [0.2, 0.25) is 0 Å². The number of carbonyl (C=O) groups excluding carboxylic acids is 1. The van der Waals surface area contributed by atoms with Crippen LogP contribution < -0.4 is 10.2 Å². The molecule has 29 heavy (non-hydrogen) atoms. The molecule has 1 amide bonds. The summed E-state index contributed by atoms with van der Waals surface area (Å²) in [6, 6.07) is 14.3. The van der Waals surface area contributed by atoms with Gasteiger partial charge in [0.25, 0.3) is 0 Å². The average molecular weight is 410 g/mol. The molecule has 0 aliphatic carbocycles. The maximum Gasteiger partial charge on any atom is 0.223 e. The second-order valence-corrected chi connectivity index (χ2v) is 8.66. The molecule has 3 aromatic rings. The van der Waals surface area contributed by atoms with E-state index < -0.39 is 0 Å². The summed E-state index contributed by atoms with van der Waals surface area (Å²) in [5.74, 6) is 0.205. The van der Waals surface area contributed by atoms with Crippen molar-refractivity contribution in [3.8, 4) is 5.13 Å². The number of carbonyl (C=O) groups is 1. The van der Waals surface area contributed by atoms with Crippen LogP contribution in [0.25, 0.3) is 5.13 Å². The van der Waals surface area contributed by atoms with Gasteiger partial charge in [-0.05, 0) is 51.3 Å². The number of rotatable bonds is 5. The number of piperidine rings is 1. The van der Waals surface area contributed by atoms with E-state index in [0.717, 1.165) is 53.1 Å². The van der Waals surface area contributed by atoms with Gasteiger partial charge in [0.15, 0.2) is 0 Å². The molecule has 2 aromatic heterocycles. The van der Waals surface area contributed by atoms with Crippen molar-refractivity contribution in [2.45, 2.75) is 39.7 Å². The maximum atomic E-state index is 12.7. The number of anilines is 1. The van der Waals surface area contributed by atoms with Crippen LogP contribution in [0.5, 0.6) is 0 Å². The highest BCUT2D eigenvalue weighted by Crippen LogP contribution is 2.29. The zero-order valence-corrected chi connectivity index (χ0v) is 17.9. The number of hydrogen-bond donors (Lipinski definition) is 1. The van der Waals surface area contributed by atoms with Crippen molar-refractivity contribution in [3.63, 3.8) is 0 Å². The van der Waals surface area contributed by atoms with Gasteiger partial charge < -0.3 is 10.2 Å². The van der Waals surface area contributed by atoms with Crippen LogP contribution in [0.15, 0.2) is 42.5 Å². The van der Waals surface area contributed by atoms with Crippen molar-refractivity contribution in [2.75, 3.05) is 18.0 Å². The molecule has 0 unspecified atom stereocenters. The molecular formula is C22H27N5OS. The Balaban J connectivity index is 1.34. The Labute approximate surface area is 175 Å². The summed E-state index contributed by atoms with van der Waals surface area (Å²) in [6.45, 7) is 7.85. The monoisotopic (exact) mass is 409 g/mol. The van der Waals surface area contributed by atoms with Crippen molar-refractivity contribution in [2.24, 2.45) is 5.92 Å². The average Bonchev–Trinajstić information content (AvgIpc) is 3.35. The molecule has 7 heteroatoms. The van der Waals surface area contributed by atoms with E-state index in [1.165, 1.54) is 0 Å². The Morgan fingerprint density at radius 3 is 2.31 bits per heavy atom. The SMILES string of the molecule is Cc1ccc(C)n1-c1nnc(N2CCC(C(=O)N[C@@H](C)c3ccccc3)CC2)s1. The molecule has 0 bridgehead atoms. The quantitative estimate of drug-likeness (QED) is 0.691. The summed E-state index contributed by atoms with van der Waals surface area (Å²) in [5, 5.41) is 13.8. The molecule has 1 saturated heterocycles. The molecular weight excluding hydrogens is 382 g/mol. The van der Waals surface area contributed by atoms with Crippen molar-refractivity contribution in [1.29, 1.82) is 0 Å². The summed E-state index contributed by atoms with van der Waals surface area (Å²) in [4.78, 5) is 15.0. The van der Waals surface area contributed by atoms with Gasteiger partial charge in [-0.2, -0.15) is 0 Å². The van der Waals surface area contributed by atoms with Crippen molar-refractivity contribution >= 4 is 22.4 Å². The third kappa shape index (κ3) is 4.19. The summed E-state index contributed by atoms with van der Waals surface area (Å²) in [5.41, 5.74) is 3.46. The molecule has 4 rings (SSSR count). The normalized spacial score (nSPS) is 16.0. The van der Waals surface area contributed by atoms with Crippen molar-refractivity contribution in [1.82, 2.24) is 20.1 Å². The number of benzene rings is 1. The van der Waals surface area contributed by atoms with Crippen LogP contribution >= 0.6 is 11.3 Å². The van der Waals surface area contributed by atoms with Gasteiger partial charge in [-0.3, -0.25) is 9.36 Å². The molecule has 0 radical (unpaired) electrons. The predicted molar refractivity (Wildman–Crippen MR) is 117 cm³/mol. The third-order valence-corrected chi connectivity index (χ3v) is 6.63. The van der Waals surface area contributed by atoms with Gasteiger partial charge in [0.05, 0.1) is 6.04 Å². The highest BCUT2D eigenvalue weighted by atomic mass is 32.1. The van der Waals surface area contributed by atoms with Crippen molar-refractivity contribution in [3.05, 3.63) is 59.4 Å². The van der Waals surface area contributed by atoms with Crippen LogP contribution in [0.1, 0.15) is 42.8 Å². The number of nitrogens with one attached hydrogen (secondary N) is 1. The summed E-state index contributed by atoms with van der Waals surface area (Å²) < 4.78 is 2.13. The van der Waals surface area contributed by atoms with Crippen LogP contribution in [0.3, 0.4) is 0 Å². The molecule has 1 fully saturated rings. The molecule has 1 aliphatic heterocycles. The van der Waals surface area contributed by atoms with Gasteiger partial charge in [0, 0.05) is 30.4 Å². The Bertz CT molecular complexity index is 953. The van der Waals surface area contributed by atoms with Crippen LogP contribution in [0.4, 0.5) is 5.13 Å². The lowest BCUT2D eigenvalue weighted by atomic mass is 9.95. The number of aryl methyl sites for hydroxylation is 2. The molecule has 0 spiro atoms. The first kappa shape index (κ1) is 19.6. The van der Waals surface area contributed by atoms with Gasteiger partial charge in [0.1, 0.15) is 0 Å². The first-order chi connectivity index (χ1) is 14.0. The van der Waals surface area contributed by atoms with Crippen LogP contribution in [-0.4, -0.2) is 33.8 Å². The maximum absolute atomic E-state index is 12.7. The molecule has 0 saturated carbocycles. The third-order valence-electron chi connectivity index (χ3n) is 5.66. The topological polar surface area (TPSA) is 63.1 Å². The molecule has 1 aromatic carbocycles. The number of aromatic nitrogens is 3. The Kier molecular flexibility index (Phi) is 5.67. The first-order valence-electron chi connectivity index (χ1n) is 10.1. The van der Waals surface area contributed by atoms with Crippen LogP contribution in [0, 0.1) is 19.8 Å². The number of amides is 1. The van der Waals surface area contributed by atoms with Gasteiger partial charge in [-0.25, -0.2) is 0 Å². The number of hydrogen-bond acceptors (Lipinski definition) is 5. The molecule has 6 nitrogen and oxygen atoms in total. The fourth-order valence-corrected chi connectivity index (χ4v) is 4.90. The van der Waals surface area contributed by atoms with Crippen molar-refractivity contribution < 1.29 is 4.79 Å². The minimum Gasteiger partial charge on any atom is -0.349 e. The first-order valence-corrected chi connectivity index (χ1v) is 10.9. The number of nitrogens with zero attached hydrogens (tertiary/aromatic N) is 4. The smallest absolute Gasteiger partial charge is 0.223 e. The fraction of sp³-hybridized carbons (Fsp3) is 0.409. The van der Waals surface area contributed by atoms with Gasteiger partial charge in [0.2, 0.25) is 16.2 Å². The van der Waals surface area contributed by atoms with E-state index in [1.54, 1.807) is 11.3 Å². The van der Waals surface area contributed by atoms with E-state index in [4.69, 9.17) is 0 Å². The van der Waals surface area contributed by atoms with E-state index in [1.807, 2.05) is 25.1 Å². The zero-order chi connectivity index (χ0) is 20.4. The second kappa shape index (κ2) is 8.37. The Hall–Kier alpha value is -2.67. The van der Waals surface area contributed by atoms with Gasteiger partial charge in [-0.15, -0.1) is 10.2 Å². The van der Waals surface area contributed by atoms with E-state index in [-0.39, 0.29) is 17.9 Å². The lowest BCUT2D eigenvalue weighted by Crippen LogP contribution is -2.41. The summed E-state index contributed by atoms with van der Waals surface area (Å²) in [6.07, 6.45) is 1.67. The minimum atomic E-state index is 0.0282. The van der Waals surface area contributed by atoms with Crippen LogP contribution in [-0.2, 0) is 4.79 Å². The highest BCUT2D eigenvalue weighted by molar-refractivity contribution is 7.17. The van der Waals surface area contributed by atoms with Gasteiger partial charge >= 0.3 is 0 Å². The van der Waals surface area contributed by atoms with Gasteiger partial charge in [-0.1, -0.05) is 41.7 Å². The largest absolute Gasteiger partial charge is 0.349 e. The van der Waals surface area contributed by atoms with E-state index in [0.29, 0.717) is 0 Å².